The normalized spacial score (nSPS) is 11.0. The summed E-state index contributed by atoms with van der Waals surface area (Å²) >= 11 is 5.88. The van der Waals surface area contributed by atoms with Gasteiger partial charge in [-0.25, -0.2) is 0 Å². The zero-order valence-electron chi connectivity index (χ0n) is 15.3. The van der Waals surface area contributed by atoms with Gasteiger partial charge in [0, 0.05) is 16.3 Å². The lowest BCUT2D eigenvalue weighted by atomic mass is 10.1. The number of amides is 2. The minimum atomic E-state index is -0.406. The van der Waals surface area contributed by atoms with E-state index in [1.54, 1.807) is 36.4 Å². The molecule has 0 atom stereocenters. The lowest BCUT2D eigenvalue weighted by molar-refractivity contribution is -0.113. The summed E-state index contributed by atoms with van der Waals surface area (Å²) < 4.78 is 0. The van der Waals surface area contributed by atoms with Crippen LogP contribution in [0.2, 0.25) is 5.02 Å². The zero-order valence-corrected chi connectivity index (χ0v) is 16.0. The summed E-state index contributed by atoms with van der Waals surface area (Å²) in [5.74, 6) is -0.796. The number of nitrogens with one attached hydrogen (secondary N) is 2. The summed E-state index contributed by atoms with van der Waals surface area (Å²) in [6.45, 7) is 1.94. The van der Waals surface area contributed by atoms with Crippen LogP contribution in [0.25, 0.3) is 6.08 Å². The average molecular weight is 391 g/mol. The molecule has 0 heterocycles. The third-order valence-corrected chi connectivity index (χ3v) is 4.24. The number of benzene rings is 3. The molecule has 0 saturated heterocycles. The second-order valence-electron chi connectivity index (χ2n) is 6.25. The first-order chi connectivity index (χ1) is 13.5. The van der Waals surface area contributed by atoms with Crippen molar-refractivity contribution in [3.05, 3.63) is 106 Å². The molecular formula is C23H19ClN2O2. The van der Waals surface area contributed by atoms with Gasteiger partial charge < -0.3 is 10.6 Å². The number of anilines is 1. The molecule has 0 aliphatic carbocycles. The Morgan fingerprint density at radius 1 is 0.893 bits per heavy atom. The van der Waals surface area contributed by atoms with E-state index in [4.69, 9.17) is 11.6 Å². The first kappa shape index (κ1) is 19.4. The molecule has 0 spiro atoms. The van der Waals surface area contributed by atoms with E-state index in [0.717, 1.165) is 11.1 Å². The Morgan fingerprint density at radius 3 is 2.29 bits per heavy atom. The van der Waals surface area contributed by atoms with Crippen LogP contribution >= 0.6 is 11.6 Å². The van der Waals surface area contributed by atoms with E-state index >= 15 is 0 Å². The van der Waals surface area contributed by atoms with Crippen LogP contribution in [-0.2, 0) is 4.79 Å². The number of hydrogen-bond donors (Lipinski definition) is 2. The Morgan fingerprint density at radius 2 is 1.61 bits per heavy atom. The molecule has 0 fully saturated rings. The minimum Gasteiger partial charge on any atom is -0.321 e. The number of aryl methyl sites for hydroxylation is 1. The van der Waals surface area contributed by atoms with Gasteiger partial charge in [0.15, 0.2) is 0 Å². The molecule has 0 bridgehead atoms. The van der Waals surface area contributed by atoms with E-state index in [1.165, 1.54) is 0 Å². The third kappa shape index (κ3) is 5.32. The quantitative estimate of drug-likeness (QED) is 0.598. The van der Waals surface area contributed by atoms with Crippen molar-refractivity contribution in [1.82, 2.24) is 5.32 Å². The Kier molecular flexibility index (Phi) is 6.25. The lowest BCUT2D eigenvalue weighted by Crippen LogP contribution is -2.30. The molecule has 0 saturated carbocycles. The van der Waals surface area contributed by atoms with Gasteiger partial charge >= 0.3 is 0 Å². The highest BCUT2D eigenvalue weighted by atomic mass is 35.5. The molecule has 0 radical (unpaired) electrons. The highest BCUT2D eigenvalue weighted by Crippen LogP contribution is 2.14. The molecule has 0 aromatic heterocycles. The molecular weight excluding hydrogens is 372 g/mol. The van der Waals surface area contributed by atoms with Gasteiger partial charge in [0.2, 0.25) is 0 Å². The topological polar surface area (TPSA) is 58.2 Å². The maximum atomic E-state index is 12.8. The van der Waals surface area contributed by atoms with Crippen molar-refractivity contribution in [2.24, 2.45) is 0 Å². The number of halogens is 1. The smallest absolute Gasteiger partial charge is 0.272 e. The van der Waals surface area contributed by atoms with E-state index < -0.39 is 11.8 Å². The van der Waals surface area contributed by atoms with Crippen molar-refractivity contribution in [3.63, 3.8) is 0 Å². The monoisotopic (exact) mass is 390 g/mol. The van der Waals surface area contributed by atoms with E-state index in [-0.39, 0.29) is 5.70 Å². The third-order valence-electron chi connectivity index (χ3n) is 3.99. The summed E-state index contributed by atoms with van der Waals surface area (Å²) in [5, 5.41) is 6.06. The summed E-state index contributed by atoms with van der Waals surface area (Å²) in [4.78, 5) is 25.4. The highest BCUT2D eigenvalue weighted by molar-refractivity contribution is 6.30. The first-order valence-electron chi connectivity index (χ1n) is 8.73. The summed E-state index contributed by atoms with van der Waals surface area (Å²) in [7, 11) is 0. The molecule has 2 N–H and O–H groups in total. The molecule has 2 amide bonds. The van der Waals surface area contributed by atoms with Gasteiger partial charge in [0.25, 0.3) is 11.8 Å². The average Bonchev–Trinajstić information content (AvgIpc) is 2.68. The van der Waals surface area contributed by atoms with E-state index in [9.17, 15) is 9.59 Å². The van der Waals surface area contributed by atoms with E-state index in [2.05, 4.69) is 10.6 Å². The summed E-state index contributed by atoms with van der Waals surface area (Å²) in [5.41, 5.74) is 3.04. The molecule has 5 heteroatoms. The zero-order chi connectivity index (χ0) is 19.9. The first-order valence-corrected chi connectivity index (χ1v) is 9.11. The molecule has 3 aromatic carbocycles. The molecule has 0 unspecified atom stereocenters. The second kappa shape index (κ2) is 9.02. The second-order valence-corrected chi connectivity index (χ2v) is 6.69. The SMILES string of the molecule is Cc1cccc(NC(=O)/C(=C\c2ccccc2)NC(=O)c2ccc(Cl)cc2)c1. The van der Waals surface area contributed by atoms with Crippen LogP contribution in [0.4, 0.5) is 5.69 Å². The van der Waals surface area contributed by atoms with Gasteiger partial charge in [-0.1, -0.05) is 54.1 Å². The van der Waals surface area contributed by atoms with Crippen molar-refractivity contribution in [1.29, 1.82) is 0 Å². The van der Waals surface area contributed by atoms with Crippen LogP contribution in [-0.4, -0.2) is 11.8 Å². The van der Waals surface area contributed by atoms with Gasteiger partial charge in [-0.3, -0.25) is 9.59 Å². The fraction of sp³-hybridized carbons (Fsp3) is 0.0435. The maximum absolute atomic E-state index is 12.8. The lowest BCUT2D eigenvalue weighted by Gasteiger charge is -2.12. The molecule has 3 rings (SSSR count). The summed E-state index contributed by atoms with van der Waals surface area (Å²) in [6.07, 6.45) is 1.64. The molecule has 28 heavy (non-hydrogen) atoms. The number of carbonyl (C=O) groups is 2. The maximum Gasteiger partial charge on any atom is 0.272 e. The van der Waals surface area contributed by atoms with Crippen LogP contribution in [0.5, 0.6) is 0 Å². The Bertz CT molecular complexity index is 1010. The molecule has 0 aliphatic rings. The van der Waals surface area contributed by atoms with Crippen molar-refractivity contribution >= 4 is 35.2 Å². The van der Waals surface area contributed by atoms with Gasteiger partial charge in [-0.15, -0.1) is 0 Å². The predicted octanol–water partition coefficient (Wildman–Crippen LogP) is 5.06. The van der Waals surface area contributed by atoms with Gasteiger partial charge in [-0.2, -0.15) is 0 Å². The van der Waals surface area contributed by atoms with Gasteiger partial charge in [-0.05, 0) is 60.5 Å². The minimum absolute atomic E-state index is 0.146. The number of carbonyl (C=O) groups excluding carboxylic acids is 2. The fourth-order valence-electron chi connectivity index (χ4n) is 2.59. The molecule has 4 nitrogen and oxygen atoms in total. The standard InChI is InChI=1S/C23H19ClN2O2/c1-16-6-5-9-20(14-16)25-23(28)21(15-17-7-3-2-4-8-17)26-22(27)18-10-12-19(24)13-11-18/h2-15H,1H3,(H,25,28)(H,26,27)/b21-15+. The Balaban J connectivity index is 1.86. The fourth-order valence-corrected chi connectivity index (χ4v) is 2.72. The largest absolute Gasteiger partial charge is 0.321 e. The number of hydrogen-bond acceptors (Lipinski definition) is 2. The summed E-state index contributed by atoms with van der Waals surface area (Å²) in [6, 6.07) is 23.3. The van der Waals surface area contributed by atoms with Crippen molar-refractivity contribution in [2.75, 3.05) is 5.32 Å². The Hall–Kier alpha value is -3.37. The van der Waals surface area contributed by atoms with E-state index in [0.29, 0.717) is 16.3 Å². The highest BCUT2D eigenvalue weighted by Gasteiger charge is 2.15. The van der Waals surface area contributed by atoms with Gasteiger partial charge in [0.05, 0.1) is 0 Å². The van der Waals surface area contributed by atoms with Crippen LogP contribution in [0.3, 0.4) is 0 Å². The van der Waals surface area contributed by atoms with Crippen molar-refractivity contribution in [2.45, 2.75) is 6.92 Å². The molecule has 3 aromatic rings. The van der Waals surface area contributed by atoms with Gasteiger partial charge in [0.1, 0.15) is 5.70 Å². The number of rotatable bonds is 5. The van der Waals surface area contributed by atoms with Crippen LogP contribution in [0.1, 0.15) is 21.5 Å². The van der Waals surface area contributed by atoms with Crippen molar-refractivity contribution in [3.8, 4) is 0 Å². The van der Waals surface area contributed by atoms with Crippen molar-refractivity contribution < 1.29 is 9.59 Å². The van der Waals surface area contributed by atoms with Crippen LogP contribution in [0, 0.1) is 6.92 Å². The molecule has 0 aliphatic heterocycles. The predicted molar refractivity (Wildman–Crippen MR) is 113 cm³/mol. The van der Waals surface area contributed by atoms with E-state index in [1.807, 2.05) is 55.5 Å². The Labute approximate surface area is 168 Å². The van der Waals surface area contributed by atoms with Crippen LogP contribution < -0.4 is 10.6 Å². The molecule has 140 valence electrons. The van der Waals surface area contributed by atoms with Crippen LogP contribution in [0.15, 0.2) is 84.6 Å².